The van der Waals surface area contributed by atoms with Crippen LogP contribution in [0, 0.1) is 5.92 Å². The molecule has 1 aliphatic heterocycles. The molecule has 2 aliphatic rings. The number of ketones is 1. The number of rotatable bonds is 6. The van der Waals surface area contributed by atoms with E-state index >= 15 is 0 Å². The fourth-order valence-corrected chi connectivity index (χ4v) is 5.88. The molecule has 7 nitrogen and oxygen atoms in total. The van der Waals surface area contributed by atoms with Crippen LogP contribution < -0.4 is 5.32 Å². The highest BCUT2D eigenvalue weighted by Crippen LogP contribution is 2.31. The van der Waals surface area contributed by atoms with E-state index in [1.54, 1.807) is 6.92 Å². The highest BCUT2D eigenvalue weighted by Gasteiger charge is 2.39. The van der Waals surface area contributed by atoms with E-state index in [4.69, 9.17) is 16.3 Å². The Kier molecular flexibility index (Phi) is 7.98. The predicted octanol–water partition coefficient (Wildman–Crippen LogP) is 5.96. The Balaban J connectivity index is 1.57. The van der Waals surface area contributed by atoms with E-state index in [2.05, 4.69) is 9.88 Å². The number of alkyl carbamates (subject to hydrolysis) is 1. The first kappa shape index (κ1) is 26.5. The summed E-state index contributed by atoms with van der Waals surface area (Å²) in [5, 5.41) is 4.36. The Morgan fingerprint density at radius 3 is 2.50 bits per heavy atom. The molecule has 1 saturated carbocycles. The lowest BCUT2D eigenvalue weighted by Crippen LogP contribution is -2.55. The Bertz CT molecular complexity index is 1130. The van der Waals surface area contributed by atoms with Gasteiger partial charge in [-0.3, -0.25) is 9.59 Å². The molecule has 1 N–H and O–H groups in total. The number of amides is 2. The van der Waals surface area contributed by atoms with E-state index in [1.165, 1.54) is 6.42 Å². The number of nitrogens with one attached hydrogen (secondary N) is 1. The summed E-state index contributed by atoms with van der Waals surface area (Å²) in [5.41, 5.74) is 0.933. The van der Waals surface area contributed by atoms with E-state index in [0.717, 1.165) is 49.4 Å². The van der Waals surface area contributed by atoms with Gasteiger partial charge in [-0.05, 0) is 77.5 Å². The van der Waals surface area contributed by atoms with Crippen LogP contribution in [-0.2, 0) is 16.1 Å². The molecule has 1 aromatic heterocycles. The van der Waals surface area contributed by atoms with Crippen LogP contribution in [0.1, 0.15) is 83.0 Å². The monoisotopic (exact) mass is 515 g/mol. The number of carbonyl (C=O) groups excluding carboxylic acids is 3. The van der Waals surface area contributed by atoms with Crippen molar-refractivity contribution in [2.24, 2.45) is 5.92 Å². The van der Waals surface area contributed by atoms with Gasteiger partial charge in [-0.1, -0.05) is 30.9 Å². The van der Waals surface area contributed by atoms with Crippen molar-refractivity contribution in [2.45, 2.75) is 96.9 Å². The molecule has 0 bridgehead atoms. The van der Waals surface area contributed by atoms with Crippen LogP contribution in [0.4, 0.5) is 4.79 Å². The van der Waals surface area contributed by atoms with Gasteiger partial charge in [0.15, 0.2) is 5.78 Å². The second-order valence-corrected chi connectivity index (χ2v) is 11.7. The summed E-state index contributed by atoms with van der Waals surface area (Å²) in [5.74, 6) is 0.0692. The molecule has 2 aromatic rings. The lowest BCUT2D eigenvalue weighted by atomic mass is 9.83. The van der Waals surface area contributed by atoms with Crippen molar-refractivity contribution in [3.63, 3.8) is 0 Å². The van der Waals surface area contributed by atoms with Crippen LogP contribution in [0.25, 0.3) is 10.9 Å². The minimum atomic E-state index is -0.632. The lowest BCUT2D eigenvalue weighted by molar-refractivity contribution is -0.136. The molecule has 36 heavy (non-hydrogen) atoms. The molecule has 0 radical (unpaired) electrons. The average Bonchev–Trinajstić information content (AvgIpc) is 3.41. The van der Waals surface area contributed by atoms with Gasteiger partial charge in [0.2, 0.25) is 5.91 Å². The molecule has 1 aromatic carbocycles. The summed E-state index contributed by atoms with van der Waals surface area (Å²) in [6.07, 6.45) is 8.27. The maximum absolute atomic E-state index is 13.9. The van der Waals surface area contributed by atoms with E-state index in [1.807, 2.05) is 50.1 Å². The Morgan fingerprint density at radius 2 is 1.83 bits per heavy atom. The maximum Gasteiger partial charge on any atom is 0.408 e. The number of benzene rings is 1. The SMILES string of the molecule is CC(=O)c1cn(C[C@@H]2CCCN2C(=O)[C@@H](NC(=O)OC(C)(C)C)C2CCCCC2)c2ccc(Cl)cc12. The molecule has 2 heterocycles. The summed E-state index contributed by atoms with van der Waals surface area (Å²) >= 11 is 6.21. The van der Waals surface area contributed by atoms with Gasteiger partial charge in [-0.15, -0.1) is 0 Å². The summed E-state index contributed by atoms with van der Waals surface area (Å²) in [7, 11) is 0. The third-order valence-electron chi connectivity index (χ3n) is 7.35. The predicted molar refractivity (Wildman–Crippen MR) is 141 cm³/mol. The van der Waals surface area contributed by atoms with E-state index in [-0.39, 0.29) is 23.7 Å². The van der Waals surface area contributed by atoms with Gasteiger partial charge in [0, 0.05) is 46.8 Å². The first-order valence-corrected chi connectivity index (χ1v) is 13.5. The number of halogens is 1. The van der Waals surface area contributed by atoms with Crippen LogP contribution in [-0.4, -0.2) is 51.5 Å². The van der Waals surface area contributed by atoms with Gasteiger partial charge in [0.25, 0.3) is 0 Å². The minimum absolute atomic E-state index is 0.0145. The second-order valence-electron chi connectivity index (χ2n) is 11.3. The van der Waals surface area contributed by atoms with Gasteiger partial charge in [-0.2, -0.15) is 0 Å². The molecule has 2 amide bonds. The first-order chi connectivity index (χ1) is 17.0. The normalized spacial score (nSPS) is 19.9. The van der Waals surface area contributed by atoms with Crippen LogP contribution in [0.15, 0.2) is 24.4 Å². The van der Waals surface area contributed by atoms with Crippen LogP contribution in [0.2, 0.25) is 5.02 Å². The maximum atomic E-state index is 13.9. The molecule has 2 atom stereocenters. The van der Waals surface area contributed by atoms with Gasteiger partial charge >= 0.3 is 6.09 Å². The lowest BCUT2D eigenvalue weighted by Gasteiger charge is -2.35. The molecule has 1 saturated heterocycles. The molecule has 2 fully saturated rings. The molecular formula is C28H38ClN3O4. The zero-order valence-corrected chi connectivity index (χ0v) is 22.6. The third-order valence-corrected chi connectivity index (χ3v) is 7.58. The van der Waals surface area contributed by atoms with Crippen molar-refractivity contribution in [2.75, 3.05) is 6.54 Å². The molecular weight excluding hydrogens is 478 g/mol. The fourth-order valence-electron chi connectivity index (χ4n) is 5.71. The number of ether oxygens (including phenoxy) is 1. The minimum Gasteiger partial charge on any atom is -0.444 e. The Hall–Kier alpha value is -2.54. The fraction of sp³-hybridized carbons (Fsp3) is 0.607. The topological polar surface area (TPSA) is 80.6 Å². The van der Waals surface area contributed by atoms with E-state index in [0.29, 0.717) is 23.7 Å². The number of hydrogen-bond donors (Lipinski definition) is 1. The largest absolute Gasteiger partial charge is 0.444 e. The molecule has 0 spiro atoms. The van der Waals surface area contributed by atoms with Crippen molar-refractivity contribution in [1.29, 1.82) is 0 Å². The van der Waals surface area contributed by atoms with Gasteiger partial charge in [0.05, 0.1) is 0 Å². The third kappa shape index (κ3) is 6.05. The summed E-state index contributed by atoms with van der Waals surface area (Å²) in [6.45, 7) is 8.27. The van der Waals surface area contributed by atoms with E-state index in [9.17, 15) is 14.4 Å². The smallest absolute Gasteiger partial charge is 0.408 e. The molecule has 196 valence electrons. The first-order valence-electron chi connectivity index (χ1n) is 13.1. The summed E-state index contributed by atoms with van der Waals surface area (Å²) in [6, 6.07) is 4.97. The zero-order valence-electron chi connectivity index (χ0n) is 21.8. The number of fused-ring (bicyclic) bond motifs is 1. The quantitative estimate of drug-likeness (QED) is 0.481. The molecule has 4 rings (SSSR count). The van der Waals surface area contributed by atoms with Crippen LogP contribution in [0.3, 0.4) is 0 Å². The number of hydrogen-bond acceptors (Lipinski definition) is 4. The standard InChI is InChI=1S/C28H38ClN3O4/c1-18(33)23-17-31(24-13-12-20(29)15-22(23)24)16-21-11-8-14-32(21)26(34)25(19-9-6-5-7-10-19)30-27(35)36-28(2,3)4/h12-13,15,17,19,21,25H,5-11,14,16H2,1-4H3,(H,30,35)/t21-,25-/m0/s1. The number of nitrogens with zero attached hydrogens (tertiary/aromatic N) is 2. The molecule has 0 unspecified atom stereocenters. The Labute approximate surface area is 218 Å². The molecule has 1 aliphatic carbocycles. The highest BCUT2D eigenvalue weighted by atomic mass is 35.5. The van der Waals surface area contributed by atoms with Crippen molar-refractivity contribution >= 4 is 40.3 Å². The van der Waals surface area contributed by atoms with Gasteiger partial charge < -0.3 is 19.5 Å². The average molecular weight is 516 g/mol. The van der Waals surface area contributed by atoms with Gasteiger partial charge in [-0.25, -0.2) is 4.79 Å². The van der Waals surface area contributed by atoms with Crippen LogP contribution in [0.5, 0.6) is 0 Å². The van der Waals surface area contributed by atoms with Crippen molar-refractivity contribution in [3.8, 4) is 0 Å². The number of Topliss-reactive ketones (excluding diaryl/α,β-unsaturated/α-hetero) is 1. The number of likely N-dealkylation sites (tertiary alicyclic amines) is 1. The zero-order chi connectivity index (χ0) is 26.0. The second kappa shape index (κ2) is 10.8. The summed E-state index contributed by atoms with van der Waals surface area (Å²) in [4.78, 5) is 40.9. The number of carbonyl (C=O) groups is 3. The molecule has 8 heteroatoms. The summed E-state index contributed by atoms with van der Waals surface area (Å²) < 4.78 is 7.57. The van der Waals surface area contributed by atoms with E-state index < -0.39 is 17.7 Å². The van der Waals surface area contributed by atoms with Crippen LogP contribution >= 0.6 is 11.6 Å². The van der Waals surface area contributed by atoms with Gasteiger partial charge in [0.1, 0.15) is 11.6 Å². The Morgan fingerprint density at radius 1 is 1.11 bits per heavy atom. The highest BCUT2D eigenvalue weighted by molar-refractivity contribution is 6.31. The van der Waals surface area contributed by atoms with Crippen molar-refractivity contribution in [3.05, 3.63) is 35.0 Å². The van der Waals surface area contributed by atoms with Crippen molar-refractivity contribution in [1.82, 2.24) is 14.8 Å². The number of aromatic nitrogens is 1. The van der Waals surface area contributed by atoms with Crippen molar-refractivity contribution < 1.29 is 19.1 Å².